The summed E-state index contributed by atoms with van der Waals surface area (Å²) in [5.41, 5.74) is 9.81. The highest BCUT2D eigenvalue weighted by molar-refractivity contribution is 5.81. The van der Waals surface area contributed by atoms with Crippen LogP contribution >= 0.6 is 0 Å². The van der Waals surface area contributed by atoms with E-state index in [9.17, 15) is 19.2 Å². The van der Waals surface area contributed by atoms with Crippen LogP contribution in [-0.2, 0) is 19.2 Å². The van der Waals surface area contributed by atoms with Crippen LogP contribution in [0.4, 0.5) is 0 Å². The van der Waals surface area contributed by atoms with Gasteiger partial charge in [-0.05, 0) is 0 Å². The Morgan fingerprint density at radius 2 is 1.00 bits per heavy atom. The van der Waals surface area contributed by atoms with Gasteiger partial charge in [0.2, 0.25) is 0 Å². The van der Waals surface area contributed by atoms with E-state index in [1.165, 1.54) is 0 Å². The predicted molar refractivity (Wildman–Crippen MR) is 81.5 cm³/mol. The molecule has 0 aliphatic rings. The fourth-order valence-electron chi connectivity index (χ4n) is 1.34. The molecule has 0 bridgehead atoms. The van der Waals surface area contributed by atoms with Gasteiger partial charge in [0, 0.05) is 26.2 Å². The summed E-state index contributed by atoms with van der Waals surface area (Å²) >= 11 is 0. The molecule has 0 saturated carbocycles. The minimum Gasteiger partial charge on any atom is -0.481 e. The molecule has 0 fully saturated rings. The average Bonchev–Trinajstić information content (AvgIpc) is 2.48. The fourth-order valence-corrected chi connectivity index (χ4v) is 1.34. The van der Waals surface area contributed by atoms with Crippen LogP contribution in [0.15, 0.2) is 0 Å². The molecule has 0 aliphatic heterocycles. The third kappa shape index (κ3) is 14.6. The molecule has 0 heterocycles. The van der Waals surface area contributed by atoms with Crippen molar-refractivity contribution in [1.82, 2.24) is 10.6 Å². The van der Waals surface area contributed by atoms with E-state index in [-0.39, 0.29) is 13.1 Å². The molecule has 0 spiro atoms. The number of hydrogen-bond acceptors (Lipinski definition) is 8. The van der Waals surface area contributed by atoms with Gasteiger partial charge in [-0.15, -0.1) is 0 Å². The summed E-state index contributed by atoms with van der Waals surface area (Å²) in [4.78, 5) is 42.2. The molecule has 12 heteroatoms. The molecule has 24 heavy (non-hydrogen) atoms. The first-order valence-electron chi connectivity index (χ1n) is 6.91. The smallest absolute Gasteiger partial charge is 0.321 e. The first-order valence-corrected chi connectivity index (χ1v) is 6.91. The molecule has 0 aromatic rings. The minimum absolute atomic E-state index is 0.0202. The van der Waals surface area contributed by atoms with Crippen molar-refractivity contribution >= 4 is 23.9 Å². The van der Waals surface area contributed by atoms with Crippen LogP contribution in [0.25, 0.3) is 0 Å². The molecule has 12 nitrogen and oxygen atoms in total. The second-order valence-electron chi connectivity index (χ2n) is 4.46. The van der Waals surface area contributed by atoms with Gasteiger partial charge in [-0.1, -0.05) is 0 Å². The van der Waals surface area contributed by atoms with Gasteiger partial charge in [0.05, 0.1) is 12.8 Å². The summed E-state index contributed by atoms with van der Waals surface area (Å²) in [5, 5.41) is 39.2. The lowest BCUT2D eigenvalue weighted by Crippen LogP contribution is -2.45. The summed E-state index contributed by atoms with van der Waals surface area (Å²) < 4.78 is 0. The van der Waals surface area contributed by atoms with Gasteiger partial charge in [0.25, 0.3) is 0 Å². The van der Waals surface area contributed by atoms with Gasteiger partial charge < -0.3 is 42.5 Å². The lowest BCUT2D eigenvalue weighted by molar-refractivity contribution is -0.146. The summed E-state index contributed by atoms with van der Waals surface area (Å²) in [7, 11) is 0. The summed E-state index contributed by atoms with van der Waals surface area (Å²) in [6.45, 7) is 1.15. The normalized spacial score (nSPS) is 12.4. The highest BCUT2D eigenvalue weighted by Crippen LogP contribution is 1.94. The Labute approximate surface area is 137 Å². The molecule has 2 atom stereocenters. The van der Waals surface area contributed by atoms with Crippen molar-refractivity contribution in [2.24, 2.45) is 11.5 Å². The lowest BCUT2D eigenvalue weighted by atomic mass is 10.2. The van der Waals surface area contributed by atoms with E-state index < -0.39 is 48.8 Å². The van der Waals surface area contributed by atoms with Crippen LogP contribution in [0.2, 0.25) is 0 Å². The second kappa shape index (κ2) is 14.3. The highest BCUT2D eigenvalue weighted by Gasteiger charge is 2.22. The molecule has 0 radical (unpaired) electrons. The standard InChI is InChI=1S/C10H16N2O8.C2H8N2/c13-7(14)3-5(9(17)18)11-1-2-12-6(10(19)20)4-8(15)16;3-1-2-4/h5-6,11-12H,1-4H2,(H,13,14)(H,15,16)(H,17,18)(H,19,20);1-4H2. The maximum absolute atomic E-state index is 10.7. The van der Waals surface area contributed by atoms with Crippen molar-refractivity contribution in [3.8, 4) is 0 Å². The van der Waals surface area contributed by atoms with Crippen LogP contribution < -0.4 is 22.1 Å². The molecular formula is C12H24N4O8. The van der Waals surface area contributed by atoms with E-state index in [2.05, 4.69) is 10.6 Å². The molecule has 0 aliphatic carbocycles. The maximum Gasteiger partial charge on any atom is 0.321 e. The Morgan fingerprint density at radius 1 is 0.708 bits per heavy atom. The van der Waals surface area contributed by atoms with E-state index in [0.29, 0.717) is 13.1 Å². The maximum atomic E-state index is 10.7. The number of nitrogens with two attached hydrogens (primary N) is 2. The van der Waals surface area contributed by atoms with E-state index in [1.54, 1.807) is 0 Å². The van der Waals surface area contributed by atoms with E-state index >= 15 is 0 Å². The summed E-state index contributed by atoms with van der Waals surface area (Å²) in [5.74, 6) is -5.25. The molecule has 10 N–H and O–H groups in total. The topological polar surface area (TPSA) is 225 Å². The molecule has 0 aromatic carbocycles. The molecule has 0 rings (SSSR count). The lowest BCUT2D eigenvalue weighted by Gasteiger charge is -2.15. The van der Waals surface area contributed by atoms with Crippen LogP contribution in [0.5, 0.6) is 0 Å². The first-order chi connectivity index (χ1) is 11.1. The SMILES string of the molecule is NCCN.O=C(O)CC(NCCNC(CC(=O)O)C(=O)O)C(=O)O. The number of carbonyl (C=O) groups is 4. The van der Waals surface area contributed by atoms with Gasteiger partial charge in [0.15, 0.2) is 0 Å². The molecule has 0 amide bonds. The minimum atomic E-state index is -1.34. The van der Waals surface area contributed by atoms with Crippen molar-refractivity contribution < 1.29 is 39.6 Å². The Bertz CT molecular complexity index is 380. The number of carboxylic acid groups (broad SMARTS) is 4. The third-order valence-electron chi connectivity index (χ3n) is 2.43. The van der Waals surface area contributed by atoms with Crippen LogP contribution in [0, 0.1) is 0 Å². The highest BCUT2D eigenvalue weighted by atomic mass is 16.4. The second-order valence-corrected chi connectivity index (χ2v) is 4.46. The van der Waals surface area contributed by atoms with Crippen molar-refractivity contribution in [1.29, 1.82) is 0 Å². The van der Waals surface area contributed by atoms with Gasteiger partial charge >= 0.3 is 23.9 Å². The largest absolute Gasteiger partial charge is 0.481 e. The number of rotatable bonds is 12. The first kappa shape index (κ1) is 24.0. The van der Waals surface area contributed by atoms with Crippen LogP contribution in [0.3, 0.4) is 0 Å². The number of aliphatic carboxylic acids is 4. The van der Waals surface area contributed by atoms with Gasteiger partial charge in [-0.3, -0.25) is 19.2 Å². The quantitative estimate of drug-likeness (QED) is 0.164. The van der Waals surface area contributed by atoms with Crippen LogP contribution in [0.1, 0.15) is 12.8 Å². The molecule has 0 saturated heterocycles. The predicted octanol–water partition coefficient (Wildman–Crippen LogP) is -3.07. The number of nitrogens with one attached hydrogen (secondary N) is 2. The molecule has 140 valence electrons. The number of carboxylic acids is 4. The third-order valence-corrected chi connectivity index (χ3v) is 2.43. The summed E-state index contributed by atoms with van der Waals surface area (Å²) in [6.07, 6.45) is -1.24. The van der Waals surface area contributed by atoms with E-state index in [4.69, 9.17) is 31.9 Å². The Morgan fingerprint density at radius 3 is 1.17 bits per heavy atom. The zero-order chi connectivity index (χ0) is 19.1. The molecular weight excluding hydrogens is 328 g/mol. The van der Waals surface area contributed by atoms with Gasteiger partial charge in [-0.25, -0.2) is 0 Å². The summed E-state index contributed by atoms with van der Waals surface area (Å²) in [6, 6.07) is -2.59. The molecule has 0 aromatic heterocycles. The van der Waals surface area contributed by atoms with Crippen molar-refractivity contribution in [2.75, 3.05) is 26.2 Å². The van der Waals surface area contributed by atoms with Crippen molar-refractivity contribution in [3.63, 3.8) is 0 Å². The fraction of sp³-hybridized carbons (Fsp3) is 0.667. The van der Waals surface area contributed by atoms with Gasteiger partial charge in [-0.2, -0.15) is 0 Å². The van der Waals surface area contributed by atoms with E-state index in [0.717, 1.165) is 0 Å². The Balaban J connectivity index is 0. The number of hydrogen-bond donors (Lipinski definition) is 8. The zero-order valence-corrected chi connectivity index (χ0v) is 13.0. The average molecular weight is 352 g/mol. The van der Waals surface area contributed by atoms with Crippen LogP contribution in [-0.4, -0.2) is 82.6 Å². The zero-order valence-electron chi connectivity index (χ0n) is 13.0. The van der Waals surface area contributed by atoms with E-state index in [1.807, 2.05) is 0 Å². The van der Waals surface area contributed by atoms with Crippen molar-refractivity contribution in [2.45, 2.75) is 24.9 Å². The van der Waals surface area contributed by atoms with Gasteiger partial charge in [0.1, 0.15) is 12.1 Å². The van der Waals surface area contributed by atoms with Crippen molar-refractivity contribution in [3.05, 3.63) is 0 Å². The molecule has 2 unspecified atom stereocenters. The Hall–Kier alpha value is -2.28. The Kier molecular flexibility index (Phi) is 14.3. The monoisotopic (exact) mass is 352 g/mol.